The first-order valence-corrected chi connectivity index (χ1v) is 7.15. The first-order valence-electron chi connectivity index (χ1n) is 7.15. The van der Waals surface area contributed by atoms with Gasteiger partial charge in [-0.3, -0.25) is 4.79 Å². The number of hydrogen-bond acceptors (Lipinski definition) is 3. The smallest absolute Gasteiger partial charge is 0.307 e. The molecule has 106 valence electrons. The van der Waals surface area contributed by atoms with E-state index in [1.807, 2.05) is 7.05 Å². The van der Waals surface area contributed by atoms with E-state index in [4.69, 9.17) is 4.74 Å². The summed E-state index contributed by atoms with van der Waals surface area (Å²) < 4.78 is 4.82. The van der Waals surface area contributed by atoms with E-state index in [0.717, 1.165) is 18.8 Å². The lowest BCUT2D eigenvalue weighted by atomic mass is 9.65. The number of hydrogen-bond donors (Lipinski definition) is 1. The Morgan fingerprint density at radius 2 is 1.94 bits per heavy atom. The molecule has 0 radical (unpaired) electrons. The average Bonchev–Trinajstić information content (AvgIpc) is 2.39. The molecule has 0 aromatic carbocycles. The van der Waals surface area contributed by atoms with Gasteiger partial charge in [0.25, 0.3) is 0 Å². The first kappa shape index (κ1) is 15.5. The fraction of sp³-hybridized carbons (Fsp3) is 0.933. The molecule has 1 saturated carbocycles. The number of ether oxygens (including phenoxy) is 1. The molecule has 0 bridgehead atoms. The van der Waals surface area contributed by atoms with Crippen LogP contribution in [-0.2, 0) is 9.53 Å². The second kappa shape index (κ2) is 6.05. The van der Waals surface area contributed by atoms with E-state index < -0.39 is 0 Å². The van der Waals surface area contributed by atoms with Crippen LogP contribution in [0.25, 0.3) is 0 Å². The topological polar surface area (TPSA) is 38.3 Å². The van der Waals surface area contributed by atoms with E-state index in [9.17, 15) is 4.79 Å². The Kier molecular flexibility index (Phi) is 5.20. The van der Waals surface area contributed by atoms with Crippen LogP contribution in [0.5, 0.6) is 0 Å². The number of esters is 1. The van der Waals surface area contributed by atoms with E-state index in [0.29, 0.717) is 11.8 Å². The molecular formula is C15H29NO2. The van der Waals surface area contributed by atoms with Crippen molar-refractivity contribution < 1.29 is 9.53 Å². The molecule has 1 aliphatic rings. The summed E-state index contributed by atoms with van der Waals surface area (Å²) in [6.07, 6.45) is 6.29. The SMILES string of the molecule is CCC(C)(C)C1CCC(CC(=O)OC)(NC)CC1. The maximum atomic E-state index is 11.5. The van der Waals surface area contributed by atoms with Crippen LogP contribution in [0.4, 0.5) is 0 Å². The summed E-state index contributed by atoms with van der Waals surface area (Å²) in [5.41, 5.74) is 0.387. The van der Waals surface area contributed by atoms with Gasteiger partial charge in [-0.15, -0.1) is 0 Å². The molecule has 18 heavy (non-hydrogen) atoms. The Morgan fingerprint density at radius 3 is 2.33 bits per heavy atom. The maximum absolute atomic E-state index is 11.5. The summed E-state index contributed by atoms with van der Waals surface area (Å²) in [5, 5.41) is 3.37. The summed E-state index contributed by atoms with van der Waals surface area (Å²) in [6.45, 7) is 7.00. The summed E-state index contributed by atoms with van der Waals surface area (Å²) in [5.74, 6) is 0.680. The Morgan fingerprint density at radius 1 is 1.39 bits per heavy atom. The third-order valence-corrected chi connectivity index (χ3v) is 5.20. The van der Waals surface area contributed by atoms with Crippen molar-refractivity contribution in [3.8, 4) is 0 Å². The van der Waals surface area contributed by atoms with Gasteiger partial charge in [0.15, 0.2) is 0 Å². The zero-order valence-corrected chi connectivity index (χ0v) is 12.6. The molecule has 1 N–H and O–H groups in total. The highest BCUT2D eigenvalue weighted by Gasteiger charge is 2.40. The van der Waals surface area contributed by atoms with Crippen LogP contribution < -0.4 is 5.32 Å². The van der Waals surface area contributed by atoms with E-state index in [-0.39, 0.29) is 11.5 Å². The molecule has 0 saturated heterocycles. The molecule has 0 aliphatic heterocycles. The zero-order chi connectivity index (χ0) is 13.8. The van der Waals surface area contributed by atoms with Gasteiger partial charge in [0.1, 0.15) is 0 Å². The van der Waals surface area contributed by atoms with Crippen molar-refractivity contribution in [3.63, 3.8) is 0 Å². The highest BCUT2D eigenvalue weighted by Crippen LogP contribution is 2.44. The lowest BCUT2D eigenvalue weighted by Crippen LogP contribution is -2.49. The fourth-order valence-corrected chi connectivity index (χ4v) is 3.10. The Labute approximate surface area is 112 Å². The van der Waals surface area contributed by atoms with Crippen LogP contribution in [0.15, 0.2) is 0 Å². The van der Waals surface area contributed by atoms with Gasteiger partial charge < -0.3 is 10.1 Å². The van der Waals surface area contributed by atoms with Crippen LogP contribution in [0.1, 0.15) is 59.3 Å². The minimum atomic E-state index is -0.0995. The quantitative estimate of drug-likeness (QED) is 0.767. The molecule has 3 nitrogen and oxygen atoms in total. The van der Waals surface area contributed by atoms with Gasteiger partial charge in [-0.2, -0.15) is 0 Å². The first-order chi connectivity index (χ1) is 8.39. The largest absolute Gasteiger partial charge is 0.469 e. The van der Waals surface area contributed by atoms with Crippen LogP contribution in [0, 0.1) is 11.3 Å². The van der Waals surface area contributed by atoms with Crippen molar-refractivity contribution in [2.45, 2.75) is 64.8 Å². The number of carbonyl (C=O) groups is 1. The molecule has 0 atom stereocenters. The molecule has 0 spiro atoms. The Balaban J connectivity index is 2.62. The van der Waals surface area contributed by atoms with Crippen LogP contribution >= 0.6 is 0 Å². The highest BCUT2D eigenvalue weighted by molar-refractivity contribution is 5.70. The van der Waals surface area contributed by atoms with E-state index in [2.05, 4.69) is 26.1 Å². The Bertz CT molecular complexity index is 278. The van der Waals surface area contributed by atoms with Gasteiger partial charge in [-0.05, 0) is 44.1 Å². The molecule has 0 heterocycles. The van der Waals surface area contributed by atoms with Crippen LogP contribution in [0.3, 0.4) is 0 Å². The van der Waals surface area contributed by atoms with Crippen LogP contribution in [-0.4, -0.2) is 25.7 Å². The predicted octanol–water partition coefficient (Wildman–Crippen LogP) is 3.13. The number of methoxy groups -OCH3 is 1. The molecule has 1 rings (SSSR count). The fourth-order valence-electron chi connectivity index (χ4n) is 3.10. The molecule has 1 aliphatic carbocycles. The molecule has 0 unspecified atom stereocenters. The summed E-state index contributed by atoms with van der Waals surface area (Å²) in [7, 11) is 3.44. The molecule has 1 fully saturated rings. The van der Waals surface area contributed by atoms with E-state index in [1.165, 1.54) is 26.4 Å². The lowest BCUT2D eigenvalue weighted by molar-refractivity contribution is -0.143. The molecular weight excluding hydrogens is 226 g/mol. The number of nitrogens with one attached hydrogen (secondary N) is 1. The summed E-state index contributed by atoms with van der Waals surface area (Å²) in [6, 6.07) is 0. The lowest BCUT2D eigenvalue weighted by Gasteiger charge is -2.44. The van der Waals surface area contributed by atoms with Crippen molar-refractivity contribution in [3.05, 3.63) is 0 Å². The highest BCUT2D eigenvalue weighted by atomic mass is 16.5. The van der Waals surface area contributed by atoms with E-state index in [1.54, 1.807) is 0 Å². The molecule has 3 heteroatoms. The van der Waals surface area contributed by atoms with Crippen LogP contribution in [0.2, 0.25) is 0 Å². The van der Waals surface area contributed by atoms with Gasteiger partial charge in [0, 0.05) is 5.54 Å². The third kappa shape index (κ3) is 3.47. The standard InChI is InChI=1S/C15H29NO2/c1-6-14(2,3)12-7-9-15(16-4,10-8-12)11-13(17)18-5/h12,16H,6-11H2,1-5H3. The third-order valence-electron chi connectivity index (χ3n) is 5.20. The maximum Gasteiger partial charge on any atom is 0.307 e. The summed E-state index contributed by atoms with van der Waals surface area (Å²) in [4.78, 5) is 11.5. The van der Waals surface area contributed by atoms with Gasteiger partial charge in [0.2, 0.25) is 0 Å². The number of rotatable bonds is 5. The minimum absolute atomic E-state index is 0.0343. The van der Waals surface area contributed by atoms with Crippen molar-refractivity contribution >= 4 is 5.97 Å². The molecule has 0 amide bonds. The molecule has 0 aromatic heterocycles. The van der Waals surface area contributed by atoms with Gasteiger partial charge in [-0.25, -0.2) is 0 Å². The minimum Gasteiger partial charge on any atom is -0.469 e. The van der Waals surface area contributed by atoms with Crippen molar-refractivity contribution in [1.82, 2.24) is 5.32 Å². The Hall–Kier alpha value is -0.570. The second-order valence-electron chi connectivity index (χ2n) is 6.40. The second-order valence-corrected chi connectivity index (χ2v) is 6.40. The summed E-state index contributed by atoms with van der Waals surface area (Å²) >= 11 is 0. The van der Waals surface area contributed by atoms with E-state index >= 15 is 0 Å². The number of carbonyl (C=O) groups excluding carboxylic acids is 1. The van der Waals surface area contributed by atoms with Gasteiger partial charge >= 0.3 is 5.97 Å². The van der Waals surface area contributed by atoms with Gasteiger partial charge in [-0.1, -0.05) is 27.2 Å². The predicted molar refractivity (Wildman–Crippen MR) is 74.5 cm³/mol. The van der Waals surface area contributed by atoms with Gasteiger partial charge in [0.05, 0.1) is 13.5 Å². The monoisotopic (exact) mass is 255 g/mol. The van der Waals surface area contributed by atoms with Crippen molar-refractivity contribution in [2.75, 3.05) is 14.2 Å². The van der Waals surface area contributed by atoms with Crippen molar-refractivity contribution in [1.29, 1.82) is 0 Å². The van der Waals surface area contributed by atoms with Crippen molar-refractivity contribution in [2.24, 2.45) is 11.3 Å². The molecule has 0 aromatic rings. The zero-order valence-electron chi connectivity index (χ0n) is 12.6. The average molecular weight is 255 g/mol. The normalized spacial score (nSPS) is 29.1.